The van der Waals surface area contributed by atoms with Crippen molar-refractivity contribution in [2.24, 2.45) is 0 Å². The Morgan fingerprint density at radius 1 is 1.14 bits per heavy atom. The number of para-hydroxylation sites is 1. The lowest BCUT2D eigenvalue weighted by Gasteiger charge is -2.66. The number of aromatic hydroxyl groups is 1. The van der Waals surface area contributed by atoms with Gasteiger partial charge in [-0.1, -0.05) is 18.2 Å². The van der Waals surface area contributed by atoms with Gasteiger partial charge in [0, 0.05) is 52.3 Å². The lowest BCUT2D eigenvalue weighted by atomic mass is 9.73. The van der Waals surface area contributed by atoms with E-state index >= 15 is 0 Å². The SMILES string of the molecule is COc1c(C)cc2c(c1O)[C@@H]1C3[C@@H]4SC[C@]5(N/C(=C\O)Cc6c5oc5ccccc65)C(=O)O/C=C(\c5c6c(c(C)c(OC(C)=O)c54)OCO6)N3[C@@H](O)[C@@H]3C[C@@]2(C)N13. The molecule has 12 rings (SSSR count). The van der Waals surface area contributed by atoms with Gasteiger partial charge in [0.1, 0.15) is 29.6 Å². The van der Waals surface area contributed by atoms with Crippen molar-refractivity contribution in [2.45, 2.75) is 81.2 Å². The molecule has 0 radical (unpaired) electrons. The largest absolute Gasteiger partial charge is 0.514 e. The standard InChI is InChI=1S/C42H39N3O11S/c1-17-10-23-27(32(48)33(17)51-5)30-31-37-29-28(36-35(53-16-54-36)18(2)34(29)55-19(3)47)25(44(31)39(49)24-12-41(23,4)45(24)30)14-52-40(50)42(15-57-37)38-22(11-20(13-46)43-42)21-8-6-7-9-26(21)56-38/h6-10,13-14,24,30-31,37,39,43,46,48-49H,11-12,15-16H2,1-5H3/b20-13-,25-14+/t24-,30+,31?,37+,39-,41+,42+/m0/s1. The Bertz CT molecular complexity index is 2580. The number of aliphatic hydroxyl groups is 2. The molecule has 1 unspecified atom stereocenters. The van der Waals surface area contributed by atoms with E-state index in [1.807, 2.05) is 36.1 Å². The van der Waals surface area contributed by atoms with Crippen molar-refractivity contribution in [1.29, 1.82) is 0 Å². The minimum Gasteiger partial charge on any atom is -0.514 e. The number of phenols is 1. The number of hydrogen-bond acceptors (Lipinski definition) is 15. The molecule has 4 N–H and O–H groups in total. The van der Waals surface area contributed by atoms with Gasteiger partial charge in [0.2, 0.25) is 12.3 Å². The minimum atomic E-state index is -1.64. The van der Waals surface area contributed by atoms with Gasteiger partial charge in [-0.2, -0.15) is 0 Å². The molecule has 4 aromatic rings. The quantitative estimate of drug-likeness (QED) is 0.113. The number of furan rings is 1. The first-order chi connectivity index (χ1) is 27.4. The summed E-state index contributed by atoms with van der Waals surface area (Å²) in [4.78, 5) is 32.0. The van der Waals surface area contributed by atoms with Gasteiger partial charge in [0.05, 0.1) is 53.7 Å². The lowest BCUT2D eigenvalue weighted by molar-refractivity contribution is -0.217. The summed E-state index contributed by atoms with van der Waals surface area (Å²) in [7, 11) is 1.53. The molecule has 0 amide bonds. The summed E-state index contributed by atoms with van der Waals surface area (Å²) in [6.07, 6.45) is 2.07. The third-order valence-electron chi connectivity index (χ3n) is 13.2. The molecule has 2 saturated heterocycles. The van der Waals surface area contributed by atoms with Crippen LogP contribution in [-0.4, -0.2) is 75.0 Å². The van der Waals surface area contributed by atoms with Crippen molar-refractivity contribution < 1.29 is 53.0 Å². The molecule has 2 bridgehead atoms. The van der Waals surface area contributed by atoms with Crippen molar-refractivity contribution in [3.63, 3.8) is 0 Å². The highest BCUT2D eigenvalue weighted by Crippen LogP contribution is 2.70. The Kier molecular flexibility index (Phi) is 7.03. The molecular weight excluding hydrogens is 755 g/mol. The number of esters is 2. The van der Waals surface area contributed by atoms with E-state index in [2.05, 4.69) is 23.2 Å². The molecule has 8 aliphatic rings. The molecule has 1 spiro atoms. The Labute approximate surface area is 330 Å². The number of aryl methyl sites for hydroxylation is 1. The molecule has 15 heteroatoms. The monoisotopic (exact) mass is 793 g/mol. The lowest BCUT2D eigenvalue weighted by Crippen LogP contribution is -2.74. The smallest absolute Gasteiger partial charge is 0.345 e. The first-order valence-corrected chi connectivity index (χ1v) is 19.9. The summed E-state index contributed by atoms with van der Waals surface area (Å²) in [5.74, 6) is 0.546. The van der Waals surface area contributed by atoms with Crippen LogP contribution in [0.4, 0.5) is 0 Å². The maximum Gasteiger partial charge on any atom is 0.345 e. The summed E-state index contributed by atoms with van der Waals surface area (Å²) in [5.41, 5.74) is 3.91. The number of methoxy groups -OCH3 is 1. The van der Waals surface area contributed by atoms with Crippen molar-refractivity contribution >= 4 is 40.4 Å². The van der Waals surface area contributed by atoms with E-state index in [4.69, 9.17) is 28.1 Å². The number of nitrogens with zero attached hydrogens (tertiary/aromatic N) is 2. The first-order valence-electron chi connectivity index (χ1n) is 18.9. The second kappa shape index (κ2) is 11.5. The number of thioether (sulfide) groups is 1. The summed E-state index contributed by atoms with van der Waals surface area (Å²) < 4.78 is 36.9. The zero-order chi connectivity index (χ0) is 39.4. The van der Waals surface area contributed by atoms with E-state index in [0.29, 0.717) is 68.7 Å². The maximum atomic E-state index is 14.9. The zero-order valence-corrected chi connectivity index (χ0v) is 32.5. The van der Waals surface area contributed by atoms with E-state index in [9.17, 15) is 24.9 Å². The predicted molar refractivity (Wildman–Crippen MR) is 205 cm³/mol. The highest BCUT2D eigenvalue weighted by Gasteiger charge is 2.70. The molecule has 57 heavy (non-hydrogen) atoms. The van der Waals surface area contributed by atoms with Gasteiger partial charge in [0.15, 0.2) is 23.0 Å². The normalized spacial score (nSPS) is 31.6. The van der Waals surface area contributed by atoms with Crippen molar-refractivity contribution in [3.8, 4) is 28.7 Å². The van der Waals surface area contributed by atoms with Gasteiger partial charge in [-0.25, -0.2) is 4.79 Å². The van der Waals surface area contributed by atoms with Crippen LogP contribution in [0.5, 0.6) is 28.7 Å². The molecule has 8 aliphatic heterocycles. The Balaban J connectivity index is 1.21. The highest BCUT2D eigenvalue weighted by molar-refractivity contribution is 7.99. The molecule has 3 aromatic carbocycles. The summed E-state index contributed by atoms with van der Waals surface area (Å²) in [5, 5.41) is 38.7. The van der Waals surface area contributed by atoms with Gasteiger partial charge < -0.3 is 53.6 Å². The number of hydrogen-bond donors (Lipinski definition) is 4. The van der Waals surface area contributed by atoms with Crippen LogP contribution in [0.3, 0.4) is 0 Å². The number of rotatable bonds is 2. The fraction of sp³-hybridized carbons (Fsp3) is 0.381. The van der Waals surface area contributed by atoms with Crippen LogP contribution in [0.1, 0.15) is 76.3 Å². The van der Waals surface area contributed by atoms with Gasteiger partial charge in [-0.3, -0.25) is 9.69 Å². The fourth-order valence-electron chi connectivity index (χ4n) is 11.0. The van der Waals surface area contributed by atoms with Crippen LogP contribution in [0.15, 0.2) is 53.0 Å². The number of carbonyl (C=O) groups excluding carboxylic acids is 2. The molecule has 1 aromatic heterocycles. The number of allylic oxidation sites excluding steroid dienone is 1. The third-order valence-corrected chi connectivity index (χ3v) is 14.6. The van der Waals surface area contributed by atoms with Crippen LogP contribution in [0.25, 0.3) is 16.7 Å². The molecular formula is C42H39N3O11S. The number of carbonyl (C=O) groups is 2. The van der Waals surface area contributed by atoms with Gasteiger partial charge in [0.25, 0.3) is 0 Å². The number of ether oxygens (including phenoxy) is 5. The van der Waals surface area contributed by atoms with Crippen molar-refractivity contribution in [3.05, 3.63) is 93.3 Å². The van der Waals surface area contributed by atoms with E-state index < -0.39 is 46.6 Å². The number of aliphatic hydroxyl groups excluding tert-OH is 2. The number of phenolic OH excluding ortho intramolecular Hbond substituents is 1. The Morgan fingerprint density at radius 2 is 1.93 bits per heavy atom. The predicted octanol–water partition coefficient (Wildman–Crippen LogP) is 5.55. The molecule has 2 fully saturated rings. The Morgan fingerprint density at radius 3 is 2.70 bits per heavy atom. The molecule has 9 heterocycles. The highest BCUT2D eigenvalue weighted by atomic mass is 32.2. The van der Waals surface area contributed by atoms with E-state index in [1.165, 1.54) is 32.1 Å². The molecule has 0 saturated carbocycles. The number of benzene rings is 3. The van der Waals surface area contributed by atoms with Gasteiger partial charge in [-0.05, 0) is 50.5 Å². The first kappa shape index (κ1) is 34.7. The molecule has 0 aliphatic carbocycles. The second-order valence-electron chi connectivity index (χ2n) is 16.1. The van der Waals surface area contributed by atoms with E-state index in [1.54, 1.807) is 6.92 Å². The second-order valence-corrected chi connectivity index (χ2v) is 17.2. The number of nitrogens with one attached hydrogen (secondary N) is 1. The Hall–Kier alpha value is -5.51. The molecule has 14 nitrogen and oxygen atoms in total. The van der Waals surface area contributed by atoms with Crippen molar-refractivity contribution in [1.82, 2.24) is 15.1 Å². The maximum absolute atomic E-state index is 14.9. The van der Waals surface area contributed by atoms with Crippen LogP contribution in [0, 0.1) is 13.8 Å². The number of piperazine rings is 1. The van der Waals surface area contributed by atoms with Gasteiger partial charge >= 0.3 is 11.9 Å². The third kappa shape index (κ3) is 4.18. The summed E-state index contributed by atoms with van der Waals surface area (Å²) in [6.45, 7) is 7.08. The summed E-state index contributed by atoms with van der Waals surface area (Å²) in [6, 6.07) is 8.02. The average Bonchev–Trinajstić information content (AvgIpc) is 3.88. The minimum absolute atomic E-state index is 0.000185. The topological polar surface area (TPSA) is 173 Å². The van der Waals surface area contributed by atoms with Crippen LogP contribution in [-0.2, 0) is 31.8 Å². The molecule has 294 valence electrons. The molecule has 7 atom stereocenters. The fourth-order valence-corrected chi connectivity index (χ4v) is 12.6. The van der Waals surface area contributed by atoms with E-state index in [0.717, 1.165) is 28.3 Å². The van der Waals surface area contributed by atoms with Crippen LogP contribution in [0.2, 0.25) is 0 Å². The van der Waals surface area contributed by atoms with Gasteiger partial charge in [-0.15, -0.1) is 11.8 Å². The van der Waals surface area contributed by atoms with Crippen LogP contribution < -0.4 is 24.3 Å². The van der Waals surface area contributed by atoms with E-state index in [-0.39, 0.29) is 36.5 Å². The van der Waals surface area contributed by atoms with Crippen LogP contribution >= 0.6 is 11.8 Å². The number of fused-ring (bicyclic) bond motifs is 10. The zero-order valence-electron chi connectivity index (χ0n) is 31.7. The average molecular weight is 794 g/mol. The van der Waals surface area contributed by atoms with Crippen molar-refractivity contribution in [2.75, 3.05) is 19.7 Å². The summed E-state index contributed by atoms with van der Waals surface area (Å²) >= 11 is 1.40.